The number of nitrogens with zero attached hydrogens (tertiary/aromatic N) is 4. The van der Waals surface area contributed by atoms with Gasteiger partial charge in [-0.1, -0.05) is 11.7 Å². The van der Waals surface area contributed by atoms with Crippen molar-refractivity contribution in [3.63, 3.8) is 0 Å². The molecular formula is C18H19N5O2. The monoisotopic (exact) mass is 337 g/mol. The summed E-state index contributed by atoms with van der Waals surface area (Å²) in [6, 6.07) is 0.189. The Labute approximate surface area is 144 Å². The lowest BCUT2D eigenvalue weighted by atomic mass is 10.0. The first-order valence-corrected chi connectivity index (χ1v) is 8.53. The first kappa shape index (κ1) is 14.5. The van der Waals surface area contributed by atoms with Crippen LogP contribution in [-0.2, 0) is 11.3 Å². The molecule has 7 nitrogen and oxygen atoms in total. The first-order valence-electron chi connectivity index (χ1n) is 8.53. The Morgan fingerprint density at radius 2 is 2.08 bits per heavy atom. The van der Waals surface area contributed by atoms with Crippen molar-refractivity contribution in [2.45, 2.75) is 45.3 Å². The van der Waals surface area contributed by atoms with E-state index in [0.717, 1.165) is 52.2 Å². The Morgan fingerprint density at radius 3 is 2.80 bits per heavy atom. The maximum absolute atomic E-state index is 6.23. The lowest BCUT2D eigenvalue weighted by molar-refractivity contribution is 0.255. The molecule has 1 fully saturated rings. The van der Waals surface area contributed by atoms with Crippen molar-refractivity contribution >= 4 is 22.6 Å². The fourth-order valence-corrected chi connectivity index (χ4v) is 3.75. The van der Waals surface area contributed by atoms with Crippen LogP contribution in [0.25, 0.3) is 28.0 Å². The Bertz CT molecular complexity index is 1030. The zero-order chi connectivity index (χ0) is 17.3. The van der Waals surface area contributed by atoms with Gasteiger partial charge in [-0.2, -0.15) is 0 Å². The van der Waals surface area contributed by atoms with Crippen molar-refractivity contribution < 1.29 is 9.26 Å². The molecule has 0 aromatic carbocycles. The third-order valence-corrected chi connectivity index (χ3v) is 5.00. The van der Waals surface area contributed by atoms with E-state index in [9.17, 15) is 0 Å². The minimum atomic E-state index is 0.189. The maximum atomic E-state index is 6.23. The van der Waals surface area contributed by atoms with Gasteiger partial charge in [0, 0.05) is 17.5 Å². The van der Waals surface area contributed by atoms with Gasteiger partial charge in [0.25, 0.3) is 0 Å². The predicted octanol–water partition coefficient (Wildman–Crippen LogP) is 3.63. The lowest BCUT2D eigenvalue weighted by Gasteiger charge is -2.14. The average molecular weight is 337 g/mol. The van der Waals surface area contributed by atoms with Crippen molar-refractivity contribution in [3.05, 3.63) is 29.9 Å². The van der Waals surface area contributed by atoms with Crippen LogP contribution in [0.2, 0.25) is 0 Å². The molecule has 0 radical (unpaired) electrons. The molecule has 4 heterocycles. The molecule has 0 unspecified atom stereocenters. The summed E-state index contributed by atoms with van der Waals surface area (Å²) in [7, 11) is 0. The van der Waals surface area contributed by atoms with E-state index in [1.54, 1.807) is 0 Å². The molecule has 0 amide bonds. The van der Waals surface area contributed by atoms with E-state index in [0.29, 0.717) is 24.1 Å². The Morgan fingerprint density at radius 1 is 1.28 bits per heavy atom. The largest absolute Gasteiger partial charge is 0.487 e. The zero-order valence-corrected chi connectivity index (χ0v) is 14.2. The molecular weight excluding hydrogens is 318 g/mol. The summed E-state index contributed by atoms with van der Waals surface area (Å²) < 4.78 is 13.8. The molecule has 3 aromatic rings. The second kappa shape index (κ2) is 4.84. The van der Waals surface area contributed by atoms with Gasteiger partial charge >= 0.3 is 0 Å². The van der Waals surface area contributed by atoms with Crippen LogP contribution in [0.4, 0.5) is 5.82 Å². The van der Waals surface area contributed by atoms with Crippen LogP contribution >= 0.6 is 0 Å². The number of anilines is 1. The van der Waals surface area contributed by atoms with Gasteiger partial charge < -0.3 is 19.6 Å². The third kappa shape index (κ3) is 1.89. The molecule has 1 aliphatic carbocycles. The van der Waals surface area contributed by atoms with Gasteiger partial charge in [-0.3, -0.25) is 0 Å². The van der Waals surface area contributed by atoms with Crippen LogP contribution in [0, 0.1) is 0 Å². The standard InChI is InChI=1S/C18H19N5O2/c1-8(2)23-11-6-24-9(3)12-15(22-25-16(12)10-4-5-10)13(11)14-17(19)20-7-21-18(14)23/h7-8,10H,3-6H2,1-2H3,(H2,19,20,21). The van der Waals surface area contributed by atoms with Gasteiger partial charge in [0.1, 0.15) is 35.9 Å². The number of nitrogens with two attached hydrogens (primary N) is 1. The SMILES string of the molecule is C=C1OCc2c(c3c(N)ncnc3n2C(C)C)-c2noc(C3CC3)c21. The molecule has 3 aromatic heterocycles. The van der Waals surface area contributed by atoms with E-state index in [2.05, 4.69) is 40.1 Å². The number of aromatic nitrogens is 4. The topological polar surface area (TPSA) is 92.0 Å². The van der Waals surface area contributed by atoms with Crippen LogP contribution in [0.3, 0.4) is 0 Å². The van der Waals surface area contributed by atoms with E-state index in [1.807, 2.05) is 0 Å². The van der Waals surface area contributed by atoms with Crippen LogP contribution in [0.5, 0.6) is 0 Å². The quantitative estimate of drug-likeness (QED) is 0.767. The highest BCUT2D eigenvalue weighted by Gasteiger charge is 2.38. The molecule has 1 saturated carbocycles. The third-order valence-electron chi connectivity index (χ3n) is 5.00. The Kier molecular flexibility index (Phi) is 2.81. The van der Waals surface area contributed by atoms with Crippen molar-refractivity contribution in [1.82, 2.24) is 19.7 Å². The van der Waals surface area contributed by atoms with Crippen LogP contribution in [-0.4, -0.2) is 19.7 Å². The lowest BCUT2D eigenvalue weighted by Crippen LogP contribution is -2.07. The molecule has 2 aliphatic rings. The van der Waals surface area contributed by atoms with Crippen molar-refractivity contribution in [2.24, 2.45) is 0 Å². The summed E-state index contributed by atoms with van der Waals surface area (Å²) >= 11 is 0. The van der Waals surface area contributed by atoms with Crippen LogP contribution in [0.1, 0.15) is 55.7 Å². The van der Waals surface area contributed by atoms with Crippen LogP contribution in [0.15, 0.2) is 17.4 Å². The molecule has 0 spiro atoms. The molecule has 2 N–H and O–H groups in total. The molecule has 5 rings (SSSR count). The van der Waals surface area contributed by atoms with Gasteiger partial charge in [0.15, 0.2) is 5.76 Å². The summed E-state index contributed by atoms with van der Waals surface area (Å²) in [6.07, 6.45) is 3.72. The molecule has 0 atom stereocenters. The Hall–Kier alpha value is -2.83. The highest BCUT2D eigenvalue weighted by molar-refractivity contribution is 6.03. The molecule has 7 heteroatoms. The van der Waals surface area contributed by atoms with Gasteiger partial charge in [-0.25, -0.2) is 9.97 Å². The predicted molar refractivity (Wildman–Crippen MR) is 93.6 cm³/mol. The fourth-order valence-electron chi connectivity index (χ4n) is 3.75. The number of fused-ring (bicyclic) bond motifs is 5. The van der Waals surface area contributed by atoms with Gasteiger partial charge in [-0.05, 0) is 26.7 Å². The highest BCUT2D eigenvalue weighted by atomic mass is 16.5. The fraction of sp³-hybridized carbons (Fsp3) is 0.389. The minimum absolute atomic E-state index is 0.189. The van der Waals surface area contributed by atoms with Crippen LogP contribution < -0.4 is 5.73 Å². The van der Waals surface area contributed by atoms with E-state index in [1.165, 1.54) is 6.33 Å². The number of ether oxygens (including phenoxy) is 1. The van der Waals surface area contributed by atoms with E-state index >= 15 is 0 Å². The van der Waals surface area contributed by atoms with Crippen molar-refractivity contribution in [1.29, 1.82) is 0 Å². The first-order chi connectivity index (χ1) is 12.1. The number of hydrogen-bond acceptors (Lipinski definition) is 6. The number of rotatable bonds is 2. The second-order valence-corrected chi connectivity index (χ2v) is 7.00. The smallest absolute Gasteiger partial charge is 0.151 e. The van der Waals surface area contributed by atoms with Gasteiger partial charge in [0.2, 0.25) is 0 Å². The summed E-state index contributed by atoms with van der Waals surface area (Å²) in [5, 5.41) is 5.20. The Balaban J connectivity index is 1.91. The minimum Gasteiger partial charge on any atom is -0.487 e. The zero-order valence-electron chi connectivity index (χ0n) is 14.2. The van der Waals surface area contributed by atoms with E-state index < -0.39 is 0 Å². The molecule has 1 aliphatic heterocycles. The average Bonchev–Trinajstić information content (AvgIpc) is 3.26. The normalized spacial score (nSPS) is 16.7. The number of hydrogen-bond donors (Lipinski definition) is 1. The second-order valence-electron chi connectivity index (χ2n) is 7.00. The highest BCUT2D eigenvalue weighted by Crippen LogP contribution is 2.49. The van der Waals surface area contributed by atoms with E-state index in [-0.39, 0.29) is 6.04 Å². The van der Waals surface area contributed by atoms with Gasteiger partial charge in [-0.15, -0.1) is 0 Å². The summed E-state index contributed by atoms with van der Waals surface area (Å²) in [5.74, 6) is 2.32. The van der Waals surface area contributed by atoms with E-state index in [4.69, 9.17) is 15.0 Å². The molecule has 128 valence electrons. The van der Waals surface area contributed by atoms with Crippen molar-refractivity contribution in [2.75, 3.05) is 5.73 Å². The molecule has 25 heavy (non-hydrogen) atoms. The van der Waals surface area contributed by atoms with Crippen molar-refractivity contribution in [3.8, 4) is 11.3 Å². The summed E-state index contributed by atoms with van der Waals surface area (Å²) in [5.41, 5.74) is 10.5. The summed E-state index contributed by atoms with van der Waals surface area (Å²) in [4.78, 5) is 8.68. The molecule has 0 bridgehead atoms. The molecule has 0 saturated heterocycles. The number of nitrogen functional groups attached to an aromatic ring is 1. The van der Waals surface area contributed by atoms with Gasteiger partial charge in [0.05, 0.1) is 16.6 Å². The maximum Gasteiger partial charge on any atom is 0.151 e. The summed E-state index contributed by atoms with van der Waals surface area (Å²) in [6.45, 7) is 8.71.